The summed E-state index contributed by atoms with van der Waals surface area (Å²) in [4.78, 5) is 8.65. The van der Waals surface area contributed by atoms with Crippen molar-refractivity contribution in [2.75, 3.05) is 5.75 Å². The Balaban J connectivity index is 1.94. The number of alkyl halides is 2. The Labute approximate surface area is 161 Å². The van der Waals surface area contributed by atoms with Crippen molar-refractivity contribution >= 4 is 36.8 Å². The zero-order valence-electron chi connectivity index (χ0n) is 14.0. The lowest BCUT2D eigenvalue weighted by atomic mass is 10.3. The minimum Gasteiger partial charge on any atom is -0.395 e. The number of rotatable bonds is 3. The van der Waals surface area contributed by atoms with E-state index in [-0.39, 0.29) is 33.7 Å². The number of sulfone groups is 1. The molecule has 7 nitrogen and oxygen atoms in total. The van der Waals surface area contributed by atoms with Crippen LogP contribution in [0.3, 0.4) is 0 Å². The van der Waals surface area contributed by atoms with Crippen LogP contribution in [0.25, 0.3) is 22.6 Å². The van der Waals surface area contributed by atoms with Crippen LogP contribution in [-0.4, -0.2) is 35.0 Å². The fourth-order valence-corrected chi connectivity index (χ4v) is 4.37. The number of benzene rings is 1. The van der Waals surface area contributed by atoms with Gasteiger partial charge in [0.1, 0.15) is 5.69 Å². The van der Waals surface area contributed by atoms with Gasteiger partial charge in [-0.1, -0.05) is 6.92 Å². The van der Waals surface area contributed by atoms with Crippen LogP contribution in [0.1, 0.15) is 6.92 Å². The fourth-order valence-electron chi connectivity index (χ4n) is 2.83. The monoisotopic (exact) mass is 459 g/mol. The Bertz CT molecular complexity index is 1190. The van der Waals surface area contributed by atoms with E-state index in [1.54, 1.807) is 11.6 Å². The maximum atomic E-state index is 13.2. The van der Waals surface area contributed by atoms with Crippen molar-refractivity contribution in [3.05, 3.63) is 28.9 Å². The van der Waals surface area contributed by atoms with Gasteiger partial charge in [0, 0.05) is 29.8 Å². The minimum absolute atomic E-state index is 0.0318. The molecule has 3 heterocycles. The number of halogens is 3. The van der Waals surface area contributed by atoms with Gasteiger partial charge in [-0.15, -0.1) is 8.78 Å². The number of fused-ring (bicyclic) bond motifs is 2. The second-order valence-corrected chi connectivity index (χ2v) is 9.02. The summed E-state index contributed by atoms with van der Waals surface area (Å²) in [5.41, 5.74) is 0.984. The minimum atomic E-state index is -3.72. The maximum Gasteiger partial charge on any atom is 0.586 e. The Kier molecular flexibility index (Phi) is 3.93. The van der Waals surface area contributed by atoms with Gasteiger partial charge in [0.05, 0.1) is 21.7 Å². The predicted octanol–water partition coefficient (Wildman–Crippen LogP) is 3.51. The van der Waals surface area contributed by atoms with E-state index in [4.69, 9.17) is 0 Å². The molecule has 4 rings (SSSR count). The van der Waals surface area contributed by atoms with Crippen LogP contribution in [0.4, 0.5) is 8.78 Å². The molecule has 11 heteroatoms. The van der Waals surface area contributed by atoms with Crippen molar-refractivity contribution in [2.45, 2.75) is 18.1 Å². The molecular weight excluding hydrogens is 448 g/mol. The quantitative estimate of drug-likeness (QED) is 0.595. The highest BCUT2D eigenvalue weighted by Crippen LogP contribution is 2.43. The molecule has 1 aliphatic heterocycles. The van der Waals surface area contributed by atoms with Crippen LogP contribution < -0.4 is 9.47 Å². The molecule has 1 aliphatic rings. The van der Waals surface area contributed by atoms with Crippen molar-refractivity contribution in [3.63, 3.8) is 0 Å². The molecule has 27 heavy (non-hydrogen) atoms. The molecule has 0 N–H and O–H groups in total. The first-order chi connectivity index (χ1) is 12.6. The molecule has 0 saturated heterocycles. The molecule has 0 atom stereocenters. The Hall–Kier alpha value is -2.27. The van der Waals surface area contributed by atoms with Gasteiger partial charge in [-0.05, 0) is 22.0 Å². The van der Waals surface area contributed by atoms with Crippen LogP contribution in [-0.2, 0) is 16.9 Å². The third-order valence-corrected chi connectivity index (χ3v) is 6.33. The van der Waals surface area contributed by atoms with E-state index in [9.17, 15) is 17.2 Å². The van der Waals surface area contributed by atoms with Gasteiger partial charge in [-0.3, -0.25) is 4.98 Å². The molecule has 0 spiro atoms. The smallest absolute Gasteiger partial charge is 0.395 e. The van der Waals surface area contributed by atoms with E-state index in [1.807, 2.05) is 0 Å². The Morgan fingerprint density at radius 2 is 1.89 bits per heavy atom. The second kappa shape index (κ2) is 5.86. The van der Waals surface area contributed by atoms with Gasteiger partial charge in [-0.25, -0.2) is 13.4 Å². The fraction of sp³-hybridized carbons (Fsp3) is 0.250. The summed E-state index contributed by atoms with van der Waals surface area (Å²) in [6.07, 6.45) is -2.26. The molecule has 0 radical (unpaired) electrons. The molecule has 0 aliphatic carbocycles. The third kappa shape index (κ3) is 2.94. The zero-order chi connectivity index (χ0) is 19.6. The summed E-state index contributed by atoms with van der Waals surface area (Å²) in [5.74, 6) is -0.0814. The van der Waals surface area contributed by atoms with Crippen LogP contribution in [0.15, 0.2) is 33.8 Å². The summed E-state index contributed by atoms with van der Waals surface area (Å²) >= 11 is 3.23. The SMILES string of the molecule is CCS(=O)(=O)c1cc(Br)cnc1-c1nc2cc3c(cc2n1C)OC(F)(F)O3. The van der Waals surface area contributed by atoms with Crippen molar-refractivity contribution in [2.24, 2.45) is 7.05 Å². The second-order valence-electron chi connectivity index (χ2n) is 5.85. The van der Waals surface area contributed by atoms with Crippen LogP contribution in [0.2, 0.25) is 0 Å². The lowest BCUT2D eigenvalue weighted by molar-refractivity contribution is -0.286. The largest absolute Gasteiger partial charge is 0.586 e. The summed E-state index contributed by atoms with van der Waals surface area (Å²) in [6.45, 7) is 1.54. The number of hydrogen-bond donors (Lipinski definition) is 0. The Morgan fingerprint density at radius 1 is 1.22 bits per heavy atom. The number of nitrogens with zero attached hydrogens (tertiary/aromatic N) is 3. The van der Waals surface area contributed by atoms with E-state index in [1.165, 1.54) is 31.3 Å². The third-order valence-electron chi connectivity index (χ3n) is 4.15. The first kappa shape index (κ1) is 18.1. The molecule has 0 saturated carbocycles. The number of hydrogen-bond acceptors (Lipinski definition) is 6. The lowest BCUT2D eigenvalue weighted by Crippen LogP contribution is -2.25. The predicted molar refractivity (Wildman–Crippen MR) is 95.6 cm³/mol. The summed E-state index contributed by atoms with van der Waals surface area (Å²) in [7, 11) is -1.94. The van der Waals surface area contributed by atoms with Crippen LogP contribution in [0.5, 0.6) is 11.5 Å². The van der Waals surface area contributed by atoms with Gasteiger partial charge in [0.2, 0.25) is 0 Å². The van der Waals surface area contributed by atoms with Crippen molar-refractivity contribution in [1.29, 1.82) is 0 Å². The van der Waals surface area contributed by atoms with Gasteiger partial charge in [0.25, 0.3) is 0 Å². The highest BCUT2D eigenvalue weighted by Gasteiger charge is 2.44. The number of aryl methyl sites for hydroxylation is 1. The normalized spacial score (nSPS) is 15.4. The topological polar surface area (TPSA) is 83.3 Å². The molecule has 0 fully saturated rings. The van der Waals surface area contributed by atoms with Crippen molar-refractivity contribution in [1.82, 2.24) is 14.5 Å². The van der Waals surface area contributed by atoms with Gasteiger partial charge in [0.15, 0.2) is 27.2 Å². The molecule has 0 unspecified atom stereocenters. The van der Waals surface area contributed by atoms with E-state index in [0.717, 1.165) is 0 Å². The molecule has 2 aromatic heterocycles. The molecular formula is C16H12BrF2N3O4S. The number of aromatic nitrogens is 3. The molecule has 142 valence electrons. The maximum absolute atomic E-state index is 13.2. The van der Waals surface area contributed by atoms with E-state index < -0.39 is 16.1 Å². The molecule has 3 aromatic rings. The van der Waals surface area contributed by atoms with Gasteiger partial charge >= 0.3 is 6.29 Å². The summed E-state index contributed by atoms with van der Waals surface area (Å²) < 4.78 is 62.5. The number of ether oxygens (including phenoxy) is 2. The highest BCUT2D eigenvalue weighted by molar-refractivity contribution is 9.10. The van der Waals surface area contributed by atoms with E-state index in [2.05, 4.69) is 35.4 Å². The standard InChI is InChI=1S/C16H12BrF2N3O4S/c1-3-27(23,24)13-4-8(17)7-20-14(13)15-21-9-5-11-12(6-10(9)22(15)2)26-16(18,19)25-11/h4-7H,3H2,1-2H3. The van der Waals surface area contributed by atoms with Crippen LogP contribution >= 0.6 is 15.9 Å². The van der Waals surface area contributed by atoms with Gasteiger partial charge < -0.3 is 14.0 Å². The average Bonchev–Trinajstić information content (AvgIpc) is 3.07. The van der Waals surface area contributed by atoms with Crippen LogP contribution in [0, 0.1) is 0 Å². The van der Waals surface area contributed by atoms with Crippen molar-refractivity contribution in [3.8, 4) is 23.0 Å². The molecule has 0 bridgehead atoms. The number of imidazole rings is 1. The molecule has 0 amide bonds. The average molecular weight is 460 g/mol. The van der Waals surface area contributed by atoms with Gasteiger partial charge in [-0.2, -0.15) is 0 Å². The molecule has 1 aromatic carbocycles. The lowest BCUT2D eigenvalue weighted by Gasteiger charge is -2.09. The van der Waals surface area contributed by atoms with Crippen molar-refractivity contribution < 1.29 is 26.7 Å². The summed E-state index contributed by atoms with van der Waals surface area (Å²) in [5, 5.41) is 0. The highest BCUT2D eigenvalue weighted by atomic mass is 79.9. The zero-order valence-corrected chi connectivity index (χ0v) is 16.4. The number of pyridine rings is 1. The van der Waals surface area contributed by atoms with E-state index >= 15 is 0 Å². The van der Waals surface area contributed by atoms with E-state index in [0.29, 0.717) is 15.5 Å². The summed E-state index contributed by atoms with van der Waals surface area (Å²) in [6, 6.07) is 4.16. The first-order valence-corrected chi connectivity index (χ1v) is 10.2. The Morgan fingerprint density at radius 3 is 2.56 bits per heavy atom. The first-order valence-electron chi connectivity index (χ1n) is 7.76.